The van der Waals surface area contributed by atoms with Gasteiger partial charge in [0, 0.05) is 35.6 Å². The largest absolute Gasteiger partial charge is 0.312 e. The number of benzene rings is 1. The quantitative estimate of drug-likeness (QED) is 0.854. The predicted molar refractivity (Wildman–Crippen MR) is 76.4 cm³/mol. The highest BCUT2D eigenvalue weighted by atomic mass is 79.9. The van der Waals surface area contributed by atoms with Crippen molar-refractivity contribution in [2.75, 3.05) is 6.54 Å². The minimum absolute atomic E-state index is 0.916. The van der Waals surface area contributed by atoms with Gasteiger partial charge in [-0.15, -0.1) is 11.3 Å². The van der Waals surface area contributed by atoms with Gasteiger partial charge in [0.1, 0.15) is 0 Å². The second-order valence-corrected chi connectivity index (χ2v) is 5.77. The zero-order valence-corrected chi connectivity index (χ0v) is 12.1. The first-order valence-corrected chi connectivity index (χ1v) is 7.27. The molecule has 1 heterocycles. The van der Waals surface area contributed by atoms with Crippen molar-refractivity contribution >= 4 is 27.3 Å². The molecule has 0 aliphatic heterocycles. The summed E-state index contributed by atoms with van der Waals surface area (Å²) in [5.74, 6) is 0. The molecule has 0 radical (unpaired) electrons. The molecule has 2 aromatic rings. The van der Waals surface area contributed by atoms with Crippen molar-refractivity contribution < 1.29 is 0 Å². The average molecular weight is 311 g/mol. The molecule has 0 aliphatic carbocycles. The lowest BCUT2D eigenvalue weighted by Gasteiger charge is -2.06. The predicted octanol–water partition coefficient (Wildman–Crippen LogP) is 3.55. The number of rotatable bonds is 5. The van der Waals surface area contributed by atoms with Gasteiger partial charge >= 0.3 is 0 Å². The number of aromatic nitrogens is 1. The van der Waals surface area contributed by atoms with E-state index < -0.39 is 0 Å². The van der Waals surface area contributed by atoms with E-state index in [0.29, 0.717) is 0 Å². The Morgan fingerprint density at radius 3 is 3.00 bits per heavy atom. The molecule has 0 saturated heterocycles. The van der Waals surface area contributed by atoms with Crippen LogP contribution in [-0.4, -0.2) is 11.5 Å². The molecule has 0 amide bonds. The van der Waals surface area contributed by atoms with E-state index in [4.69, 9.17) is 0 Å². The minimum atomic E-state index is 0.916. The van der Waals surface area contributed by atoms with Gasteiger partial charge in [-0.25, -0.2) is 4.98 Å². The van der Waals surface area contributed by atoms with E-state index in [9.17, 15) is 0 Å². The van der Waals surface area contributed by atoms with Gasteiger partial charge in [-0.1, -0.05) is 28.1 Å². The molecule has 1 aromatic heterocycles. The van der Waals surface area contributed by atoms with Crippen molar-refractivity contribution in [2.45, 2.75) is 19.9 Å². The van der Waals surface area contributed by atoms with Crippen LogP contribution in [0.15, 0.2) is 34.2 Å². The molecule has 0 bridgehead atoms. The highest BCUT2D eigenvalue weighted by Gasteiger charge is 1.98. The molecule has 0 spiro atoms. The molecule has 0 fully saturated rings. The van der Waals surface area contributed by atoms with Crippen LogP contribution in [0.5, 0.6) is 0 Å². The second-order valence-electron chi connectivity index (χ2n) is 3.94. The molecule has 17 heavy (non-hydrogen) atoms. The van der Waals surface area contributed by atoms with Gasteiger partial charge < -0.3 is 5.32 Å². The number of nitrogens with one attached hydrogen (secondary N) is 1. The van der Waals surface area contributed by atoms with Crippen molar-refractivity contribution in [1.29, 1.82) is 0 Å². The molecule has 1 aromatic carbocycles. The highest BCUT2D eigenvalue weighted by molar-refractivity contribution is 9.10. The summed E-state index contributed by atoms with van der Waals surface area (Å²) >= 11 is 5.23. The third kappa shape index (κ3) is 3.91. The maximum absolute atomic E-state index is 4.26. The number of thiazole rings is 1. The van der Waals surface area contributed by atoms with E-state index in [1.165, 1.54) is 20.6 Å². The number of hydrogen-bond donors (Lipinski definition) is 1. The normalized spacial score (nSPS) is 10.7. The summed E-state index contributed by atoms with van der Waals surface area (Å²) in [6, 6.07) is 6.46. The van der Waals surface area contributed by atoms with Gasteiger partial charge in [0.15, 0.2) is 0 Å². The third-order valence-corrected chi connectivity index (χ3v) is 4.28. The number of nitrogens with zero attached hydrogens (tertiary/aromatic N) is 1. The van der Waals surface area contributed by atoms with E-state index in [1.807, 2.05) is 11.6 Å². The van der Waals surface area contributed by atoms with E-state index in [0.717, 1.165) is 19.5 Å². The highest BCUT2D eigenvalue weighted by Crippen LogP contribution is 2.16. The van der Waals surface area contributed by atoms with Crippen molar-refractivity contribution in [3.63, 3.8) is 0 Å². The van der Waals surface area contributed by atoms with Crippen LogP contribution < -0.4 is 5.32 Å². The van der Waals surface area contributed by atoms with Crippen LogP contribution in [0.25, 0.3) is 0 Å². The molecule has 0 atom stereocenters. The Balaban J connectivity index is 1.76. The monoisotopic (exact) mass is 310 g/mol. The molecule has 0 aliphatic rings. The molecule has 4 heteroatoms. The first-order valence-electron chi connectivity index (χ1n) is 5.60. The van der Waals surface area contributed by atoms with Crippen LogP contribution in [0, 0.1) is 6.92 Å². The SMILES string of the molecule is Cc1cc(CNCCc2nccs2)ccc1Br. The summed E-state index contributed by atoms with van der Waals surface area (Å²) in [5.41, 5.74) is 2.61. The number of hydrogen-bond acceptors (Lipinski definition) is 3. The first-order chi connectivity index (χ1) is 8.25. The Bertz CT molecular complexity index is 468. The molecule has 0 unspecified atom stereocenters. The zero-order valence-electron chi connectivity index (χ0n) is 9.74. The minimum Gasteiger partial charge on any atom is -0.312 e. The maximum atomic E-state index is 4.26. The van der Waals surface area contributed by atoms with Gasteiger partial charge in [-0.3, -0.25) is 0 Å². The Morgan fingerprint density at radius 2 is 2.29 bits per heavy atom. The van der Waals surface area contributed by atoms with Crippen molar-refractivity contribution in [3.8, 4) is 0 Å². The van der Waals surface area contributed by atoms with E-state index in [-0.39, 0.29) is 0 Å². The second kappa shape index (κ2) is 6.28. The van der Waals surface area contributed by atoms with Gasteiger partial charge in [-0.2, -0.15) is 0 Å². The fourth-order valence-electron chi connectivity index (χ4n) is 1.62. The van der Waals surface area contributed by atoms with Gasteiger partial charge in [-0.05, 0) is 24.1 Å². The van der Waals surface area contributed by atoms with Crippen LogP contribution in [0.4, 0.5) is 0 Å². The fourth-order valence-corrected chi connectivity index (χ4v) is 2.49. The van der Waals surface area contributed by atoms with Crippen molar-refractivity contribution in [2.24, 2.45) is 0 Å². The van der Waals surface area contributed by atoms with Crippen LogP contribution in [-0.2, 0) is 13.0 Å². The van der Waals surface area contributed by atoms with Crippen LogP contribution in [0.1, 0.15) is 16.1 Å². The summed E-state index contributed by atoms with van der Waals surface area (Å²) in [7, 11) is 0. The van der Waals surface area contributed by atoms with E-state index >= 15 is 0 Å². The lowest BCUT2D eigenvalue weighted by atomic mass is 10.1. The van der Waals surface area contributed by atoms with Crippen molar-refractivity contribution in [1.82, 2.24) is 10.3 Å². The Labute approximate surface area is 114 Å². The van der Waals surface area contributed by atoms with Gasteiger partial charge in [0.25, 0.3) is 0 Å². The zero-order chi connectivity index (χ0) is 12.1. The lowest BCUT2D eigenvalue weighted by molar-refractivity contribution is 0.685. The summed E-state index contributed by atoms with van der Waals surface area (Å²) < 4.78 is 1.17. The Morgan fingerprint density at radius 1 is 1.41 bits per heavy atom. The molecule has 90 valence electrons. The Hall–Kier alpha value is -0.710. The lowest BCUT2D eigenvalue weighted by Crippen LogP contribution is -2.16. The molecule has 2 nitrogen and oxygen atoms in total. The molecule has 1 N–H and O–H groups in total. The summed E-state index contributed by atoms with van der Waals surface area (Å²) in [6.07, 6.45) is 2.87. The molecule has 2 rings (SSSR count). The van der Waals surface area contributed by atoms with E-state index in [2.05, 4.69) is 51.4 Å². The average Bonchev–Trinajstić information content (AvgIpc) is 2.82. The van der Waals surface area contributed by atoms with Crippen LogP contribution in [0.2, 0.25) is 0 Å². The first kappa shape index (κ1) is 12.7. The summed E-state index contributed by atoms with van der Waals surface area (Å²) in [5, 5.41) is 6.66. The fraction of sp³-hybridized carbons (Fsp3) is 0.308. The van der Waals surface area contributed by atoms with Crippen LogP contribution in [0.3, 0.4) is 0 Å². The summed E-state index contributed by atoms with van der Waals surface area (Å²) in [4.78, 5) is 4.26. The molecule has 0 saturated carbocycles. The Kier molecular flexibility index (Phi) is 4.71. The van der Waals surface area contributed by atoms with Gasteiger partial charge in [0.05, 0.1) is 5.01 Å². The number of aryl methyl sites for hydroxylation is 1. The number of halogens is 1. The maximum Gasteiger partial charge on any atom is 0.0937 e. The van der Waals surface area contributed by atoms with Crippen molar-refractivity contribution in [3.05, 3.63) is 50.4 Å². The topological polar surface area (TPSA) is 24.9 Å². The van der Waals surface area contributed by atoms with Crippen LogP contribution >= 0.6 is 27.3 Å². The molecular formula is C13H15BrN2S. The smallest absolute Gasteiger partial charge is 0.0937 e. The van der Waals surface area contributed by atoms with E-state index in [1.54, 1.807) is 11.3 Å². The molecular weight excluding hydrogens is 296 g/mol. The standard InChI is InChI=1S/C13H15BrN2S/c1-10-8-11(2-3-12(10)14)9-15-5-4-13-16-6-7-17-13/h2-3,6-8,15H,4-5,9H2,1H3. The van der Waals surface area contributed by atoms with Gasteiger partial charge in [0.2, 0.25) is 0 Å². The third-order valence-electron chi connectivity index (χ3n) is 2.55. The summed E-state index contributed by atoms with van der Waals surface area (Å²) in [6.45, 7) is 4.01.